The highest BCUT2D eigenvalue weighted by Gasteiger charge is 2.20. The molecule has 0 aromatic heterocycles. The van der Waals surface area contributed by atoms with Crippen LogP contribution in [0, 0.1) is 0 Å². The summed E-state index contributed by atoms with van der Waals surface area (Å²) in [5, 5.41) is 0.691. The standard InChI is InChI=1S/C10H13NS/c1-11-7-10(12-8-11)9-5-3-2-4-6-9/h2-6,10H,7-8H2,1H3/t10-/m0/s1. The number of hydrogen-bond donors (Lipinski definition) is 0. The first-order valence-electron chi connectivity index (χ1n) is 4.21. The molecule has 64 valence electrons. The molecule has 12 heavy (non-hydrogen) atoms. The largest absolute Gasteiger partial charge is 0.296 e. The molecule has 0 spiro atoms. The summed E-state index contributed by atoms with van der Waals surface area (Å²) >= 11 is 2.03. The van der Waals surface area contributed by atoms with Crippen LogP contribution in [0.5, 0.6) is 0 Å². The summed E-state index contributed by atoms with van der Waals surface area (Å²) in [6.45, 7) is 1.19. The van der Waals surface area contributed by atoms with Crippen molar-refractivity contribution in [2.75, 3.05) is 19.5 Å². The van der Waals surface area contributed by atoms with Crippen LogP contribution in [-0.4, -0.2) is 24.4 Å². The van der Waals surface area contributed by atoms with Crippen LogP contribution in [-0.2, 0) is 0 Å². The van der Waals surface area contributed by atoms with E-state index in [2.05, 4.69) is 42.3 Å². The SMILES string of the molecule is CN1CS[C@H](c2ccccc2)C1. The topological polar surface area (TPSA) is 3.24 Å². The average molecular weight is 179 g/mol. The zero-order valence-corrected chi connectivity index (χ0v) is 8.05. The van der Waals surface area contributed by atoms with Crippen molar-refractivity contribution in [1.82, 2.24) is 4.90 Å². The highest BCUT2D eigenvalue weighted by Crippen LogP contribution is 2.34. The summed E-state index contributed by atoms with van der Waals surface area (Å²) in [7, 11) is 2.18. The summed E-state index contributed by atoms with van der Waals surface area (Å²) in [6.07, 6.45) is 0. The zero-order valence-electron chi connectivity index (χ0n) is 7.23. The Labute approximate surface area is 77.8 Å². The predicted octanol–water partition coefficient (Wildman–Crippen LogP) is 2.36. The van der Waals surface area contributed by atoms with Crippen molar-refractivity contribution in [2.45, 2.75) is 5.25 Å². The summed E-state index contributed by atoms with van der Waals surface area (Å²) < 4.78 is 0. The Morgan fingerprint density at radius 3 is 2.67 bits per heavy atom. The van der Waals surface area contributed by atoms with E-state index in [9.17, 15) is 0 Å². The van der Waals surface area contributed by atoms with Crippen LogP contribution in [0.25, 0.3) is 0 Å². The maximum Gasteiger partial charge on any atom is 0.0448 e. The summed E-state index contributed by atoms with van der Waals surface area (Å²) in [5.41, 5.74) is 1.46. The molecule has 0 bridgehead atoms. The van der Waals surface area contributed by atoms with Gasteiger partial charge in [-0.3, -0.25) is 4.90 Å². The molecule has 1 atom stereocenters. The lowest BCUT2D eigenvalue weighted by Gasteiger charge is -2.08. The number of benzene rings is 1. The summed E-state index contributed by atoms with van der Waals surface area (Å²) in [5.74, 6) is 1.17. The summed E-state index contributed by atoms with van der Waals surface area (Å²) in [4.78, 5) is 2.36. The zero-order chi connectivity index (χ0) is 8.39. The van der Waals surface area contributed by atoms with Crippen LogP contribution in [0.15, 0.2) is 30.3 Å². The predicted molar refractivity (Wildman–Crippen MR) is 54.3 cm³/mol. The van der Waals surface area contributed by atoms with Crippen LogP contribution < -0.4 is 0 Å². The molecule has 2 rings (SSSR count). The van der Waals surface area contributed by atoms with Crippen molar-refractivity contribution in [2.24, 2.45) is 0 Å². The van der Waals surface area contributed by atoms with Gasteiger partial charge in [-0.2, -0.15) is 0 Å². The van der Waals surface area contributed by atoms with Crippen molar-refractivity contribution in [3.05, 3.63) is 35.9 Å². The second-order valence-electron chi connectivity index (χ2n) is 3.23. The first kappa shape index (κ1) is 8.14. The number of nitrogens with zero attached hydrogens (tertiary/aromatic N) is 1. The fourth-order valence-corrected chi connectivity index (χ4v) is 2.72. The maximum atomic E-state index is 2.36. The van der Waals surface area contributed by atoms with Gasteiger partial charge in [0.05, 0.1) is 0 Å². The molecule has 0 unspecified atom stereocenters. The molecule has 1 aromatic carbocycles. The van der Waals surface area contributed by atoms with Gasteiger partial charge in [-0.1, -0.05) is 30.3 Å². The number of likely N-dealkylation sites (N-methyl/N-ethyl adjacent to an activating group) is 1. The molecule has 0 aliphatic carbocycles. The van der Waals surface area contributed by atoms with Crippen molar-refractivity contribution in [1.29, 1.82) is 0 Å². The van der Waals surface area contributed by atoms with Crippen LogP contribution in [0.1, 0.15) is 10.8 Å². The Balaban J connectivity index is 2.11. The van der Waals surface area contributed by atoms with Gasteiger partial charge in [0.2, 0.25) is 0 Å². The first-order chi connectivity index (χ1) is 5.86. The highest BCUT2D eigenvalue weighted by molar-refractivity contribution is 7.99. The van der Waals surface area contributed by atoms with Gasteiger partial charge in [-0.05, 0) is 12.6 Å². The van der Waals surface area contributed by atoms with E-state index in [1.54, 1.807) is 0 Å². The van der Waals surface area contributed by atoms with E-state index in [-0.39, 0.29) is 0 Å². The minimum atomic E-state index is 0.691. The van der Waals surface area contributed by atoms with Gasteiger partial charge in [0, 0.05) is 17.7 Å². The van der Waals surface area contributed by atoms with E-state index in [4.69, 9.17) is 0 Å². The van der Waals surface area contributed by atoms with E-state index in [0.29, 0.717) is 5.25 Å². The van der Waals surface area contributed by atoms with Gasteiger partial charge in [0.1, 0.15) is 0 Å². The molecule has 1 aliphatic heterocycles. The molecular weight excluding hydrogens is 166 g/mol. The van der Waals surface area contributed by atoms with Gasteiger partial charge >= 0.3 is 0 Å². The Bertz CT molecular complexity index is 247. The Morgan fingerprint density at radius 2 is 2.08 bits per heavy atom. The average Bonchev–Trinajstić information content (AvgIpc) is 2.54. The third-order valence-corrected chi connectivity index (χ3v) is 3.56. The lowest BCUT2D eigenvalue weighted by Crippen LogP contribution is -2.13. The maximum absolute atomic E-state index is 2.36. The molecule has 1 fully saturated rings. The van der Waals surface area contributed by atoms with Crippen molar-refractivity contribution >= 4 is 11.8 Å². The third-order valence-electron chi connectivity index (χ3n) is 2.14. The molecule has 1 nitrogen and oxygen atoms in total. The van der Waals surface area contributed by atoms with Crippen LogP contribution in [0.3, 0.4) is 0 Å². The Hall–Kier alpha value is -0.470. The van der Waals surface area contributed by atoms with Crippen molar-refractivity contribution in [3.63, 3.8) is 0 Å². The second kappa shape index (κ2) is 3.50. The van der Waals surface area contributed by atoms with Gasteiger partial charge in [0.25, 0.3) is 0 Å². The second-order valence-corrected chi connectivity index (χ2v) is 4.39. The number of rotatable bonds is 1. The van der Waals surface area contributed by atoms with Crippen molar-refractivity contribution < 1.29 is 0 Å². The fourth-order valence-electron chi connectivity index (χ4n) is 1.48. The normalized spacial score (nSPS) is 24.6. The van der Waals surface area contributed by atoms with Gasteiger partial charge < -0.3 is 0 Å². The minimum Gasteiger partial charge on any atom is -0.296 e. The lowest BCUT2D eigenvalue weighted by molar-refractivity contribution is 0.418. The van der Waals surface area contributed by atoms with E-state index >= 15 is 0 Å². The highest BCUT2D eigenvalue weighted by atomic mass is 32.2. The monoisotopic (exact) mass is 179 g/mol. The van der Waals surface area contributed by atoms with Gasteiger partial charge in [-0.15, -0.1) is 11.8 Å². The quantitative estimate of drug-likeness (QED) is 0.651. The molecule has 2 heteroatoms. The van der Waals surface area contributed by atoms with E-state index in [0.717, 1.165) is 0 Å². The fraction of sp³-hybridized carbons (Fsp3) is 0.400. The van der Waals surface area contributed by atoms with Gasteiger partial charge in [-0.25, -0.2) is 0 Å². The van der Waals surface area contributed by atoms with E-state index < -0.39 is 0 Å². The van der Waals surface area contributed by atoms with Crippen LogP contribution in [0.2, 0.25) is 0 Å². The molecule has 0 radical (unpaired) electrons. The molecular formula is C10H13NS. The number of thioether (sulfide) groups is 1. The van der Waals surface area contributed by atoms with E-state index in [1.807, 2.05) is 11.8 Å². The molecule has 1 aliphatic rings. The lowest BCUT2D eigenvalue weighted by atomic mass is 10.1. The molecule has 1 heterocycles. The number of hydrogen-bond acceptors (Lipinski definition) is 2. The Morgan fingerprint density at radius 1 is 1.33 bits per heavy atom. The Kier molecular flexibility index (Phi) is 2.38. The smallest absolute Gasteiger partial charge is 0.0448 e. The first-order valence-corrected chi connectivity index (χ1v) is 5.26. The summed E-state index contributed by atoms with van der Waals surface area (Å²) in [6, 6.07) is 10.8. The molecule has 0 saturated carbocycles. The van der Waals surface area contributed by atoms with Gasteiger partial charge in [0.15, 0.2) is 0 Å². The molecule has 0 amide bonds. The van der Waals surface area contributed by atoms with Crippen LogP contribution in [0.4, 0.5) is 0 Å². The third kappa shape index (κ3) is 1.65. The minimum absolute atomic E-state index is 0.691. The van der Waals surface area contributed by atoms with Crippen molar-refractivity contribution in [3.8, 4) is 0 Å². The van der Waals surface area contributed by atoms with Crippen LogP contribution >= 0.6 is 11.8 Å². The molecule has 1 saturated heterocycles. The molecule has 0 N–H and O–H groups in total. The molecule has 1 aromatic rings. The van der Waals surface area contributed by atoms with E-state index in [1.165, 1.54) is 18.0 Å².